The van der Waals surface area contributed by atoms with Crippen LogP contribution in [0.2, 0.25) is 0 Å². The number of rotatable bonds is 1. The summed E-state index contributed by atoms with van der Waals surface area (Å²) in [5.41, 5.74) is 0. The van der Waals surface area contributed by atoms with E-state index in [1.807, 2.05) is 0 Å². The second kappa shape index (κ2) is 3.29. The molecule has 3 heteroatoms. The molecular formula is C9H14O2S. The Bertz CT molecular complexity index is 193. The lowest BCUT2D eigenvalue weighted by Crippen LogP contribution is -2.28. The minimum Gasteiger partial charge on any atom is -0.480 e. The lowest BCUT2D eigenvalue weighted by atomic mass is 9.79. The van der Waals surface area contributed by atoms with Crippen molar-refractivity contribution in [1.82, 2.24) is 0 Å². The van der Waals surface area contributed by atoms with Crippen LogP contribution < -0.4 is 0 Å². The first kappa shape index (κ1) is 8.42. The summed E-state index contributed by atoms with van der Waals surface area (Å²) in [7, 11) is 0. The highest BCUT2D eigenvalue weighted by atomic mass is 32.2. The SMILES string of the molecule is O=C(O)[C@H]1SC[C@@H]2CCCC[C@H]21. The van der Waals surface area contributed by atoms with Crippen LogP contribution >= 0.6 is 11.8 Å². The summed E-state index contributed by atoms with van der Waals surface area (Å²) in [4.78, 5) is 10.8. The third-order valence-corrected chi connectivity index (χ3v) is 4.62. The van der Waals surface area contributed by atoms with Gasteiger partial charge in [-0.2, -0.15) is 0 Å². The molecule has 2 rings (SSSR count). The lowest BCUT2D eigenvalue weighted by molar-refractivity contribution is -0.137. The van der Waals surface area contributed by atoms with Gasteiger partial charge in [-0.1, -0.05) is 12.8 Å². The highest BCUT2D eigenvalue weighted by molar-refractivity contribution is 8.00. The molecule has 2 fully saturated rings. The molecule has 1 N–H and O–H groups in total. The normalized spacial score (nSPS) is 40.8. The van der Waals surface area contributed by atoms with Crippen molar-refractivity contribution in [3.05, 3.63) is 0 Å². The summed E-state index contributed by atoms with van der Waals surface area (Å²) in [6.07, 6.45) is 4.97. The van der Waals surface area contributed by atoms with E-state index in [1.165, 1.54) is 19.3 Å². The van der Waals surface area contributed by atoms with Crippen LogP contribution in [0.4, 0.5) is 0 Å². The molecule has 2 aliphatic rings. The second-order valence-electron chi connectivity index (χ2n) is 3.80. The number of aliphatic carboxylic acids is 1. The van der Waals surface area contributed by atoms with Crippen LogP contribution in [0.3, 0.4) is 0 Å². The molecule has 0 aromatic rings. The van der Waals surface area contributed by atoms with Crippen LogP contribution in [-0.2, 0) is 4.79 Å². The molecule has 3 atom stereocenters. The van der Waals surface area contributed by atoms with E-state index in [2.05, 4.69) is 0 Å². The third-order valence-electron chi connectivity index (χ3n) is 3.09. The summed E-state index contributed by atoms with van der Waals surface area (Å²) in [6.45, 7) is 0. The van der Waals surface area contributed by atoms with Crippen molar-refractivity contribution in [2.24, 2.45) is 11.8 Å². The molecule has 0 aromatic carbocycles. The Labute approximate surface area is 76.7 Å². The van der Waals surface area contributed by atoms with Gasteiger partial charge in [-0.25, -0.2) is 0 Å². The molecule has 68 valence electrons. The van der Waals surface area contributed by atoms with Crippen molar-refractivity contribution in [3.8, 4) is 0 Å². The molecule has 0 spiro atoms. The van der Waals surface area contributed by atoms with E-state index in [0.717, 1.165) is 12.2 Å². The van der Waals surface area contributed by atoms with Gasteiger partial charge in [0.25, 0.3) is 0 Å². The molecule has 1 heterocycles. The van der Waals surface area contributed by atoms with Crippen LogP contribution in [0.25, 0.3) is 0 Å². The van der Waals surface area contributed by atoms with E-state index in [4.69, 9.17) is 5.11 Å². The molecule has 1 saturated heterocycles. The molecule has 1 saturated carbocycles. The van der Waals surface area contributed by atoms with E-state index in [9.17, 15) is 4.79 Å². The van der Waals surface area contributed by atoms with Gasteiger partial charge in [-0.05, 0) is 30.4 Å². The average Bonchev–Trinajstić information content (AvgIpc) is 2.47. The number of fused-ring (bicyclic) bond motifs is 1. The standard InChI is InChI=1S/C9H14O2S/c10-9(11)8-7-4-2-1-3-6(7)5-12-8/h6-8H,1-5H2,(H,10,11)/t6-,7+,8-/m0/s1. The van der Waals surface area contributed by atoms with Gasteiger partial charge in [0.2, 0.25) is 0 Å². The van der Waals surface area contributed by atoms with Crippen molar-refractivity contribution in [1.29, 1.82) is 0 Å². The van der Waals surface area contributed by atoms with Crippen LogP contribution in [0.15, 0.2) is 0 Å². The number of hydrogen-bond donors (Lipinski definition) is 1. The maximum Gasteiger partial charge on any atom is 0.316 e. The summed E-state index contributed by atoms with van der Waals surface area (Å²) >= 11 is 1.66. The fourth-order valence-electron chi connectivity index (χ4n) is 2.45. The molecule has 0 bridgehead atoms. The Morgan fingerprint density at radius 1 is 1.33 bits per heavy atom. The first-order valence-electron chi connectivity index (χ1n) is 4.63. The Morgan fingerprint density at radius 2 is 2.08 bits per heavy atom. The molecule has 1 aliphatic carbocycles. The van der Waals surface area contributed by atoms with Crippen LogP contribution in [0.5, 0.6) is 0 Å². The molecule has 2 nitrogen and oxygen atoms in total. The van der Waals surface area contributed by atoms with Crippen molar-refractivity contribution in [2.45, 2.75) is 30.9 Å². The zero-order chi connectivity index (χ0) is 8.55. The van der Waals surface area contributed by atoms with E-state index >= 15 is 0 Å². The Balaban J connectivity index is 2.05. The molecule has 0 amide bonds. The summed E-state index contributed by atoms with van der Waals surface area (Å²) < 4.78 is 0. The molecule has 1 aliphatic heterocycles. The van der Waals surface area contributed by atoms with Gasteiger partial charge in [0.05, 0.1) is 0 Å². The largest absolute Gasteiger partial charge is 0.480 e. The van der Waals surface area contributed by atoms with Gasteiger partial charge >= 0.3 is 5.97 Å². The smallest absolute Gasteiger partial charge is 0.316 e. The fourth-order valence-corrected chi connectivity index (χ4v) is 4.06. The van der Waals surface area contributed by atoms with Gasteiger partial charge in [0.1, 0.15) is 5.25 Å². The monoisotopic (exact) mass is 186 g/mol. The number of hydrogen-bond acceptors (Lipinski definition) is 2. The summed E-state index contributed by atoms with van der Waals surface area (Å²) in [5, 5.41) is 8.84. The molecule has 12 heavy (non-hydrogen) atoms. The van der Waals surface area contributed by atoms with Gasteiger partial charge in [-0.3, -0.25) is 4.79 Å². The van der Waals surface area contributed by atoms with Gasteiger partial charge in [0, 0.05) is 0 Å². The quantitative estimate of drug-likeness (QED) is 0.680. The van der Waals surface area contributed by atoms with Crippen LogP contribution in [0.1, 0.15) is 25.7 Å². The summed E-state index contributed by atoms with van der Waals surface area (Å²) in [6, 6.07) is 0. The predicted molar refractivity (Wildman–Crippen MR) is 49.3 cm³/mol. The minimum atomic E-state index is -0.589. The second-order valence-corrected chi connectivity index (χ2v) is 4.98. The van der Waals surface area contributed by atoms with Gasteiger partial charge < -0.3 is 5.11 Å². The zero-order valence-corrected chi connectivity index (χ0v) is 7.85. The van der Waals surface area contributed by atoms with Gasteiger partial charge in [-0.15, -0.1) is 11.8 Å². The third kappa shape index (κ3) is 1.35. The number of carboxylic acids is 1. The fraction of sp³-hybridized carbons (Fsp3) is 0.889. The highest BCUT2D eigenvalue weighted by Gasteiger charge is 2.41. The number of thioether (sulfide) groups is 1. The highest BCUT2D eigenvalue weighted by Crippen LogP contribution is 2.45. The van der Waals surface area contributed by atoms with Gasteiger partial charge in [0.15, 0.2) is 0 Å². The molecule has 0 unspecified atom stereocenters. The minimum absolute atomic E-state index is 0.0877. The average molecular weight is 186 g/mol. The van der Waals surface area contributed by atoms with Crippen LogP contribution in [-0.4, -0.2) is 22.1 Å². The maximum atomic E-state index is 10.8. The zero-order valence-electron chi connectivity index (χ0n) is 7.03. The Hall–Kier alpha value is -0.180. The first-order valence-corrected chi connectivity index (χ1v) is 5.68. The molecular weight excluding hydrogens is 172 g/mol. The van der Waals surface area contributed by atoms with Crippen LogP contribution in [0, 0.1) is 11.8 Å². The maximum absolute atomic E-state index is 10.8. The van der Waals surface area contributed by atoms with E-state index in [1.54, 1.807) is 11.8 Å². The van der Waals surface area contributed by atoms with Crippen molar-refractivity contribution in [3.63, 3.8) is 0 Å². The predicted octanol–water partition coefficient (Wildman–Crippen LogP) is 1.99. The molecule has 0 radical (unpaired) electrons. The topological polar surface area (TPSA) is 37.3 Å². The Morgan fingerprint density at radius 3 is 2.83 bits per heavy atom. The first-order chi connectivity index (χ1) is 5.79. The van der Waals surface area contributed by atoms with Crippen molar-refractivity contribution >= 4 is 17.7 Å². The molecule has 0 aromatic heterocycles. The van der Waals surface area contributed by atoms with E-state index < -0.39 is 5.97 Å². The number of carboxylic acid groups (broad SMARTS) is 1. The van der Waals surface area contributed by atoms with Crippen molar-refractivity contribution < 1.29 is 9.90 Å². The Kier molecular flexibility index (Phi) is 2.31. The van der Waals surface area contributed by atoms with E-state index in [0.29, 0.717) is 11.8 Å². The lowest BCUT2D eigenvalue weighted by Gasteiger charge is -2.26. The van der Waals surface area contributed by atoms with Crippen molar-refractivity contribution in [2.75, 3.05) is 5.75 Å². The van der Waals surface area contributed by atoms with E-state index in [-0.39, 0.29) is 5.25 Å². The number of carbonyl (C=O) groups is 1. The summed E-state index contributed by atoms with van der Waals surface area (Å²) in [5.74, 6) is 1.70.